The molecule has 0 N–H and O–H groups in total. The van der Waals surface area contributed by atoms with Crippen molar-refractivity contribution in [2.24, 2.45) is 0 Å². The molecule has 0 radical (unpaired) electrons. The average molecular weight is 1260 g/mol. The summed E-state index contributed by atoms with van der Waals surface area (Å²) in [5.41, 5.74) is 4.19. The van der Waals surface area contributed by atoms with Gasteiger partial charge in [0, 0.05) is 0 Å². The fourth-order valence-electron chi connectivity index (χ4n) is 7.07. The molecule has 0 saturated carbocycles. The van der Waals surface area contributed by atoms with E-state index in [9.17, 15) is 0 Å². The summed E-state index contributed by atoms with van der Waals surface area (Å²) in [6.45, 7) is 20.6. The molecule has 0 aromatic heterocycles. The molecule has 0 amide bonds. The van der Waals surface area contributed by atoms with Crippen molar-refractivity contribution in [1.29, 1.82) is 0 Å². The molecule has 69 heavy (non-hydrogen) atoms. The third-order valence-corrected chi connectivity index (χ3v) is 13.4. The van der Waals surface area contributed by atoms with Gasteiger partial charge in [-0.1, -0.05) is 75.7 Å². The third kappa shape index (κ3) is 29.2. The van der Waals surface area contributed by atoms with Gasteiger partial charge in [0.15, 0.2) is 0 Å². The van der Waals surface area contributed by atoms with Gasteiger partial charge in [0.2, 0.25) is 0 Å². The molecule has 9 heteroatoms. The molecule has 0 nitrogen and oxygen atoms in total. The Bertz CT molecular complexity index is 2140. The van der Waals surface area contributed by atoms with E-state index in [2.05, 4.69) is 279 Å². The van der Waals surface area contributed by atoms with Crippen LogP contribution in [0.1, 0.15) is 37.5 Å². The number of hydrogen-bond acceptors (Lipinski definition) is 0. The van der Waals surface area contributed by atoms with Gasteiger partial charge >= 0.3 is 78.6 Å². The van der Waals surface area contributed by atoms with E-state index in [4.69, 9.17) is 0 Å². The fraction of sp³-hybridized carbons (Fsp3) is 0.200. The Labute approximate surface area is 498 Å². The summed E-state index contributed by atoms with van der Waals surface area (Å²) in [7, 11) is 0.598. The Kier molecular flexibility index (Phi) is 43.7. The Morgan fingerprint density at radius 2 is 0.507 bits per heavy atom. The van der Waals surface area contributed by atoms with Crippen LogP contribution in [0.2, 0.25) is 0 Å². The monoisotopic (exact) mass is 1260 g/mol. The van der Waals surface area contributed by atoms with Crippen LogP contribution in [0.25, 0.3) is 32.3 Å². The molecule has 0 saturated heterocycles. The topological polar surface area (TPSA) is 0 Å². The van der Waals surface area contributed by atoms with E-state index in [-0.39, 0.29) is 140 Å². The molecule has 9 aromatic carbocycles. The predicted octanol–water partition coefficient (Wildman–Crippen LogP) is 8.79. The standard InChI is InChI=1S/3C11H16P.3C9H7.3ClH.3Zr/c3*1-10(9-12(2)3)11-7-5-4-6-8-11;3*1-2-5-9-7-3-6-8(9)4-1;;;;;;/h3*4-8H,9H2,1-3H3;3*1-7H;3*1H;;;/q6*-1;;;;3*+2/p-3. The first kappa shape index (κ1) is 71.8. The van der Waals surface area contributed by atoms with Crippen LogP contribution in [0, 0.1) is 17.8 Å². The van der Waals surface area contributed by atoms with Crippen molar-refractivity contribution < 1.29 is 116 Å². The Balaban J connectivity index is -0.000000747. The van der Waals surface area contributed by atoms with Crippen LogP contribution >= 0.6 is 23.8 Å². The van der Waals surface area contributed by atoms with Crippen LogP contribution in [-0.4, -0.2) is 58.5 Å². The van der Waals surface area contributed by atoms with Crippen LogP contribution in [0.5, 0.6) is 0 Å². The molecule has 0 spiro atoms. The molecule has 0 bridgehead atoms. The number of fused-ring (bicyclic) bond motifs is 3. The van der Waals surface area contributed by atoms with Crippen molar-refractivity contribution in [3.8, 4) is 0 Å². The van der Waals surface area contributed by atoms with Gasteiger partial charge in [-0.3, -0.25) is 0 Å². The second kappa shape index (κ2) is 42.0. The van der Waals surface area contributed by atoms with Gasteiger partial charge in [-0.25, -0.2) is 0 Å². The Morgan fingerprint density at radius 1 is 0.304 bits per heavy atom. The number of hydrogen-bond donors (Lipinski definition) is 0. The van der Waals surface area contributed by atoms with E-state index >= 15 is 0 Å². The SMILES string of the molecule is C[C-](CP(C)C)c1ccccc1.C[C-](CP(C)C)c1ccccc1.C[C-](CP(C)C)c1ccccc1.[Cl-].[Cl-].[Cl-].[Zr+2].[Zr+2].[Zr+2].c1ccc2[cH-]ccc2c1.c1ccc2[cH-]ccc2c1.c1ccc2[cH-]ccc2c1. The van der Waals surface area contributed by atoms with Gasteiger partial charge < -0.3 is 37.2 Å². The normalized spacial score (nSPS) is 9.39. The van der Waals surface area contributed by atoms with E-state index in [1.54, 1.807) is 0 Å². The minimum absolute atomic E-state index is 0. The number of halogens is 3. The molecule has 0 aliphatic heterocycles. The van der Waals surface area contributed by atoms with Crippen LogP contribution in [0.15, 0.2) is 218 Å². The summed E-state index contributed by atoms with van der Waals surface area (Å²) in [5.74, 6) is 4.56. The molecule has 0 heterocycles. The first-order valence-electron chi connectivity index (χ1n) is 21.9. The molecular formula is C60H69Cl3P3Zr3-3. The Hall–Kier alpha value is -1.43. The Morgan fingerprint density at radius 3 is 0.710 bits per heavy atom. The molecule has 0 aliphatic carbocycles. The molecule has 9 rings (SSSR count). The summed E-state index contributed by atoms with van der Waals surface area (Å²) in [5, 5.41) is 7.99. The van der Waals surface area contributed by atoms with Crippen molar-refractivity contribution in [1.82, 2.24) is 0 Å². The van der Waals surface area contributed by atoms with E-state index in [1.165, 1.54) is 85.2 Å². The van der Waals surface area contributed by atoms with Crippen molar-refractivity contribution in [3.63, 3.8) is 0 Å². The quantitative estimate of drug-likeness (QED) is 0.100. The summed E-state index contributed by atoms with van der Waals surface area (Å²) in [4.78, 5) is 0. The summed E-state index contributed by atoms with van der Waals surface area (Å²) in [6, 6.07) is 76.0. The van der Waals surface area contributed by atoms with Gasteiger partial charge in [0.05, 0.1) is 0 Å². The molecular weight excluding hydrogens is 1190 g/mol. The number of rotatable bonds is 9. The van der Waals surface area contributed by atoms with Crippen LogP contribution < -0.4 is 37.2 Å². The predicted molar refractivity (Wildman–Crippen MR) is 293 cm³/mol. The molecule has 0 fully saturated rings. The zero-order chi connectivity index (χ0) is 45.2. The molecule has 0 atom stereocenters. The van der Waals surface area contributed by atoms with Gasteiger partial charge in [-0.2, -0.15) is 123 Å². The zero-order valence-corrected chi connectivity index (χ0v) is 54.2. The van der Waals surface area contributed by atoms with Gasteiger partial charge in [0.1, 0.15) is 0 Å². The zero-order valence-electron chi connectivity index (χ0n) is 41.9. The smallest absolute Gasteiger partial charge is 1.00 e. The average Bonchev–Trinajstić information content (AvgIpc) is 4.10. The van der Waals surface area contributed by atoms with E-state index in [0.717, 1.165) is 0 Å². The molecule has 360 valence electrons. The summed E-state index contributed by atoms with van der Waals surface area (Å²) in [6.07, 6.45) is 3.79. The maximum atomic E-state index is 2.32. The van der Waals surface area contributed by atoms with Gasteiger partial charge in [-0.05, 0) is 40.0 Å². The van der Waals surface area contributed by atoms with Crippen molar-refractivity contribution in [2.75, 3.05) is 58.5 Å². The van der Waals surface area contributed by atoms with Crippen LogP contribution in [0.3, 0.4) is 0 Å². The second-order valence-electron chi connectivity index (χ2n) is 16.6. The minimum atomic E-state index is 0. The summed E-state index contributed by atoms with van der Waals surface area (Å²) >= 11 is 0. The van der Waals surface area contributed by atoms with Gasteiger partial charge in [-0.15, -0.1) is 149 Å². The summed E-state index contributed by atoms with van der Waals surface area (Å²) < 4.78 is 0. The first-order valence-corrected chi connectivity index (χ1v) is 29.2. The van der Waals surface area contributed by atoms with Crippen molar-refractivity contribution in [3.05, 3.63) is 253 Å². The van der Waals surface area contributed by atoms with E-state index < -0.39 is 0 Å². The molecule has 0 aliphatic rings. The van der Waals surface area contributed by atoms with Crippen LogP contribution in [-0.2, 0) is 78.6 Å². The first-order chi connectivity index (χ1) is 30.5. The van der Waals surface area contributed by atoms with E-state index in [1.807, 2.05) is 0 Å². The third-order valence-electron chi connectivity index (χ3n) is 10.1. The van der Waals surface area contributed by atoms with Gasteiger partial charge in [0.25, 0.3) is 0 Å². The molecule has 9 aromatic rings. The maximum absolute atomic E-state index is 2.32. The maximum Gasteiger partial charge on any atom is 2.00 e. The fourth-order valence-corrected chi connectivity index (χ4v) is 10.5. The largest absolute Gasteiger partial charge is 2.00 e. The van der Waals surface area contributed by atoms with Crippen molar-refractivity contribution in [2.45, 2.75) is 20.8 Å². The van der Waals surface area contributed by atoms with Crippen LogP contribution in [0.4, 0.5) is 0 Å². The minimum Gasteiger partial charge on any atom is -1.00 e. The van der Waals surface area contributed by atoms with E-state index in [0.29, 0.717) is 0 Å². The molecule has 0 unspecified atom stereocenters. The second-order valence-corrected chi connectivity index (χ2v) is 24.0. The van der Waals surface area contributed by atoms with Crippen molar-refractivity contribution >= 4 is 56.1 Å². The number of benzene rings is 6.